The van der Waals surface area contributed by atoms with Crippen LogP contribution >= 0.6 is 0 Å². The lowest BCUT2D eigenvalue weighted by molar-refractivity contribution is 0.0978. The molecular formula is C15H11N3O2. The molecule has 2 aromatic rings. The van der Waals surface area contributed by atoms with Crippen LogP contribution in [-0.2, 0) is 0 Å². The Balaban J connectivity index is 1.99. The molecule has 0 aliphatic heterocycles. The number of nitrogens with zero attached hydrogens (tertiary/aromatic N) is 2. The maximum absolute atomic E-state index is 12.3. The van der Waals surface area contributed by atoms with Gasteiger partial charge in [0.1, 0.15) is 11.4 Å². The number of para-hydroxylation sites is 1. The average Bonchev–Trinajstić information content (AvgIpc) is 2.47. The maximum atomic E-state index is 12.3. The van der Waals surface area contributed by atoms with Gasteiger partial charge in [0, 0.05) is 24.2 Å². The van der Waals surface area contributed by atoms with E-state index in [4.69, 9.17) is 0 Å². The predicted octanol–water partition coefficient (Wildman–Crippen LogP) is 2.16. The maximum Gasteiger partial charge on any atom is 0.229 e. The van der Waals surface area contributed by atoms with E-state index in [0.717, 1.165) is 11.3 Å². The minimum atomic E-state index is -0.323. The molecule has 1 aromatic heterocycles. The molecule has 1 aliphatic carbocycles. The van der Waals surface area contributed by atoms with Crippen molar-refractivity contribution in [2.75, 3.05) is 5.32 Å². The van der Waals surface area contributed by atoms with E-state index in [1.54, 1.807) is 0 Å². The number of anilines is 1. The number of nitrogens with one attached hydrogen (secondary N) is 1. The molecule has 98 valence electrons. The standard InChI is InChI=1S/C15H11N3O2/c1-9-4-2-3-5-10(9)18-11-8-12(19)13-14(15(11)20)17-7-6-16-13/h2-8,18H,1H3. The molecule has 0 saturated carbocycles. The summed E-state index contributed by atoms with van der Waals surface area (Å²) in [6.45, 7) is 1.92. The monoisotopic (exact) mass is 265 g/mol. The second kappa shape index (κ2) is 4.70. The number of benzene rings is 1. The summed E-state index contributed by atoms with van der Waals surface area (Å²) >= 11 is 0. The van der Waals surface area contributed by atoms with Gasteiger partial charge in [-0.2, -0.15) is 0 Å². The van der Waals surface area contributed by atoms with Gasteiger partial charge in [-0.05, 0) is 18.6 Å². The van der Waals surface area contributed by atoms with Crippen LogP contribution in [0.15, 0.2) is 48.4 Å². The van der Waals surface area contributed by atoms with Crippen molar-refractivity contribution in [2.45, 2.75) is 6.92 Å². The molecule has 5 nitrogen and oxygen atoms in total. The second-order valence-corrected chi connectivity index (χ2v) is 4.44. The normalized spacial score (nSPS) is 13.8. The van der Waals surface area contributed by atoms with Gasteiger partial charge in [0.05, 0.1) is 5.70 Å². The Bertz CT molecular complexity index is 750. The molecule has 0 fully saturated rings. The number of hydrogen-bond acceptors (Lipinski definition) is 5. The van der Waals surface area contributed by atoms with E-state index in [-0.39, 0.29) is 28.7 Å². The lowest BCUT2D eigenvalue weighted by atomic mass is 10.0. The fourth-order valence-electron chi connectivity index (χ4n) is 2.03. The van der Waals surface area contributed by atoms with Gasteiger partial charge < -0.3 is 5.32 Å². The van der Waals surface area contributed by atoms with Crippen LogP contribution in [0.1, 0.15) is 26.5 Å². The van der Waals surface area contributed by atoms with Crippen molar-refractivity contribution < 1.29 is 9.59 Å². The molecule has 0 amide bonds. The van der Waals surface area contributed by atoms with Gasteiger partial charge >= 0.3 is 0 Å². The third-order valence-corrected chi connectivity index (χ3v) is 3.08. The number of Topliss-reactive ketones (excluding diaryl/α,β-unsaturated/α-hetero) is 1. The summed E-state index contributed by atoms with van der Waals surface area (Å²) in [6, 6.07) is 7.54. The fourth-order valence-corrected chi connectivity index (χ4v) is 2.03. The zero-order valence-electron chi connectivity index (χ0n) is 10.8. The highest BCUT2D eigenvalue weighted by Gasteiger charge is 2.28. The molecule has 0 unspecified atom stereocenters. The Morgan fingerprint density at radius 2 is 1.70 bits per heavy atom. The minimum Gasteiger partial charge on any atom is -0.352 e. The third kappa shape index (κ3) is 1.99. The predicted molar refractivity (Wildman–Crippen MR) is 73.6 cm³/mol. The summed E-state index contributed by atoms with van der Waals surface area (Å²) in [6.07, 6.45) is 4.07. The van der Waals surface area contributed by atoms with Crippen LogP contribution in [0.4, 0.5) is 5.69 Å². The Hall–Kier alpha value is -2.82. The van der Waals surface area contributed by atoms with Crippen LogP contribution in [0.25, 0.3) is 0 Å². The van der Waals surface area contributed by atoms with Gasteiger partial charge in [0.15, 0.2) is 0 Å². The van der Waals surface area contributed by atoms with E-state index in [0.29, 0.717) is 0 Å². The van der Waals surface area contributed by atoms with Crippen molar-refractivity contribution in [3.05, 3.63) is 65.4 Å². The summed E-state index contributed by atoms with van der Waals surface area (Å²) in [7, 11) is 0. The number of fused-ring (bicyclic) bond motifs is 1. The van der Waals surface area contributed by atoms with Crippen LogP contribution in [-0.4, -0.2) is 21.5 Å². The van der Waals surface area contributed by atoms with Gasteiger partial charge in [-0.1, -0.05) is 18.2 Å². The molecule has 3 rings (SSSR count). The number of rotatable bonds is 2. The Labute approximate surface area is 115 Å². The SMILES string of the molecule is Cc1ccccc1NC1=CC(=O)c2nccnc2C1=O. The van der Waals surface area contributed by atoms with Gasteiger partial charge in [0.2, 0.25) is 11.6 Å². The molecule has 1 aliphatic rings. The Morgan fingerprint density at radius 3 is 2.45 bits per heavy atom. The van der Waals surface area contributed by atoms with Crippen molar-refractivity contribution in [2.24, 2.45) is 0 Å². The van der Waals surface area contributed by atoms with Crippen molar-refractivity contribution >= 4 is 17.3 Å². The van der Waals surface area contributed by atoms with Gasteiger partial charge in [-0.15, -0.1) is 0 Å². The molecule has 0 radical (unpaired) electrons. The van der Waals surface area contributed by atoms with Crippen molar-refractivity contribution in [1.82, 2.24) is 9.97 Å². The molecular weight excluding hydrogens is 254 g/mol. The molecule has 0 saturated heterocycles. The molecule has 20 heavy (non-hydrogen) atoms. The van der Waals surface area contributed by atoms with Crippen LogP contribution in [0.5, 0.6) is 0 Å². The molecule has 0 bridgehead atoms. The quantitative estimate of drug-likeness (QED) is 0.900. The topological polar surface area (TPSA) is 72.0 Å². The minimum absolute atomic E-state index is 0.0936. The number of ketones is 2. The molecule has 1 N–H and O–H groups in total. The first kappa shape index (κ1) is 12.2. The van der Waals surface area contributed by atoms with Gasteiger partial charge in [-0.3, -0.25) is 9.59 Å². The summed E-state index contributed by atoms with van der Waals surface area (Å²) < 4.78 is 0. The summed E-state index contributed by atoms with van der Waals surface area (Å²) in [5, 5.41) is 2.99. The van der Waals surface area contributed by atoms with Crippen molar-refractivity contribution in [1.29, 1.82) is 0 Å². The van der Waals surface area contributed by atoms with E-state index in [1.165, 1.54) is 18.5 Å². The van der Waals surface area contributed by atoms with E-state index < -0.39 is 0 Å². The average molecular weight is 265 g/mol. The van der Waals surface area contributed by atoms with Crippen LogP contribution < -0.4 is 5.32 Å². The highest BCUT2D eigenvalue weighted by atomic mass is 16.1. The molecule has 1 heterocycles. The van der Waals surface area contributed by atoms with Crippen LogP contribution in [0.2, 0.25) is 0 Å². The molecule has 1 aromatic carbocycles. The first-order valence-corrected chi connectivity index (χ1v) is 6.11. The summed E-state index contributed by atoms with van der Waals surface area (Å²) in [5.41, 5.74) is 2.19. The summed E-state index contributed by atoms with van der Waals surface area (Å²) in [5.74, 6) is -0.639. The number of allylic oxidation sites excluding steroid dienone is 2. The van der Waals surface area contributed by atoms with E-state index in [1.807, 2.05) is 31.2 Å². The first-order chi connectivity index (χ1) is 9.66. The third-order valence-electron chi connectivity index (χ3n) is 3.08. The lowest BCUT2D eigenvalue weighted by Crippen LogP contribution is -2.24. The van der Waals surface area contributed by atoms with E-state index in [9.17, 15) is 9.59 Å². The number of aromatic nitrogens is 2. The lowest BCUT2D eigenvalue weighted by Gasteiger charge is -2.16. The number of carbonyl (C=O) groups excluding carboxylic acids is 2. The highest BCUT2D eigenvalue weighted by molar-refractivity contribution is 6.23. The largest absolute Gasteiger partial charge is 0.352 e. The smallest absolute Gasteiger partial charge is 0.229 e. The highest BCUT2D eigenvalue weighted by Crippen LogP contribution is 2.21. The van der Waals surface area contributed by atoms with Crippen molar-refractivity contribution in [3.8, 4) is 0 Å². The van der Waals surface area contributed by atoms with Crippen LogP contribution in [0.3, 0.4) is 0 Å². The Morgan fingerprint density at radius 1 is 1.00 bits per heavy atom. The van der Waals surface area contributed by atoms with Crippen LogP contribution in [0, 0.1) is 6.92 Å². The van der Waals surface area contributed by atoms with Crippen molar-refractivity contribution in [3.63, 3.8) is 0 Å². The van der Waals surface area contributed by atoms with Gasteiger partial charge in [0.25, 0.3) is 0 Å². The number of aryl methyl sites for hydroxylation is 1. The zero-order chi connectivity index (χ0) is 14.1. The number of carbonyl (C=O) groups is 2. The second-order valence-electron chi connectivity index (χ2n) is 4.44. The van der Waals surface area contributed by atoms with Gasteiger partial charge in [-0.25, -0.2) is 9.97 Å². The zero-order valence-corrected chi connectivity index (χ0v) is 10.8. The number of hydrogen-bond donors (Lipinski definition) is 1. The van der Waals surface area contributed by atoms with E-state index >= 15 is 0 Å². The fraction of sp³-hybridized carbons (Fsp3) is 0.0667. The molecule has 0 atom stereocenters. The summed E-state index contributed by atoms with van der Waals surface area (Å²) in [4.78, 5) is 32.1. The molecule has 0 spiro atoms. The molecule has 5 heteroatoms. The van der Waals surface area contributed by atoms with E-state index in [2.05, 4.69) is 15.3 Å². The Kier molecular flexibility index (Phi) is 2.87. The first-order valence-electron chi connectivity index (χ1n) is 6.11.